The lowest BCUT2D eigenvalue weighted by atomic mass is 9.85. The summed E-state index contributed by atoms with van der Waals surface area (Å²) >= 11 is 0. The lowest BCUT2D eigenvalue weighted by molar-refractivity contribution is 0.153. The summed E-state index contributed by atoms with van der Waals surface area (Å²) in [7, 11) is 0. The van der Waals surface area contributed by atoms with Crippen LogP contribution < -0.4 is 10.6 Å². The van der Waals surface area contributed by atoms with Crippen molar-refractivity contribution in [3.63, 3.8) is 0 Å². The second-order valence-electron chi connectivity index (χ2n) is 5.33. The molecule has 1 aromatic carbocycles. The van der Waals surface area contributed by atoms with Gasteiger partial charge in [-0.05, 0) is 30.5 Å². The minimum absolute atomic E-state index is 0.0635. The number of carbonyl (C=O) groups is 1. The number of aliphatic hydroxyl groups is 1. The van der Waals surface area contributed by atoms with Crippen LogP contribution in [0.25, 0.3) is 0 Å². The Bertz CT molecular complexity index is 433. The first-order valence-electron chi connectivity index (χ1n) is 7.12. The highest BCUT2D eigenvalue weighted by Gasteiger charge is 2.25. The minimum Gasteiger partial charge on any atom is -0.508 e. The van der Waals surface area contributed by atoms with Gasteiger partial charge in [0.25, 0.3) is 0 Å². The van der Waals surface area contributed by atoms with Gasteiger partial charge in [-0.25, -0.2) is 4.79 Å². The van der Waals surface area contributed by atoms with Gasteiger partial charge in [0.2, 0.25) is 0 Å². The van der Waals surface area contributed by atoms with E-state index in [4.69, 9.17) is 0 Å². The van der Waals surface area contributed by atoms with Gasteiger partial charge in [0.05, 0.1) is 0 Å². The molecule has 2 amide bonds. The van der Waals surface area contributed by atoms with Crippen molar-refractivity contribution in [2.24, 2.45) is 5.92 Å². The van der Waals surface area contributed by atoms with Crippen LogP contribution in [0.1, 0.15) is 31.2 Å². The van der Waals surface area contributed by atoms with Crippen molar-refractivity contribution >= 4 is 6.03 Å². The molecule has 2 rings (SSSR count). The molecule has 1 aliphatic carbocycles. The Morgan fingerprint density at radius 2 is 1.90 bits per heavy atom. The first kappa shape index (κ1) is 14.7. The van der Waals surface area contributed by atoms with Gasteiger partial charge in [0, 0.05) is 25.1 Å². The van der Waals surface area contributed by atoms with Crippen LogP contribution in [-0.2, 0) is 6.54 Å². The quantitative estimate of drug-likeness (QED) is 0.677. The Hall–Kier alpha value is -1.75. The van der Waals surface area contributed by atoms with Crippen LogP contribution in [0.5, 0.6) is 5.75 Å². The standard InChI is InChI=1S/C15H22N2O3/c18-10-12-3-1-2-4-14(12)17-15(20)16-9-11-5-7-13(19)8-6-11/h5-8,12,14,18-19H,1-4,9-10H2,(H2,16,17,20). The molecule has 0 bridgehead atoms. The Morgan fingerprint density at radius 1 is 1.20 bits per heavy atom. The maximum absolute atomic E-state index is 11.9. The smallest absolute Gasteiger partial charge is 0.315 e. The monoisotopic (exact) mass is 278 g/mol. The molecule has 4 N–H and O–H groups in total. The zero-order valence-electron chi connectivity index (χ0n) is 11.5. The number of nitrogens with one attached hydrogen (secondary N) is 2. The zero-order chi connectivity index (χ0) is 14.4. The van der Waals surface area contributed by atoms with E-state index in [1.54, 1.807) is 24.3 Å². The van der Waals surface area contributed by atoms with Gasteiger partial charge < -0.3 is 20.8 Å². The number of urea groups is 1. The molecule has 1 aromatic rings. The number of phenols is 1. The van der Waals surface area contributed by atoms with Crippen molar-refractivity contribution in [1.29, 1.82) is 0 Å². The van der Waals surface area contributed by atoms with Crippen LogP contribution in [0.15, 0.2) is 24.3 Å². The summed E-state index contributed by atoms with van der Waals surface area (Å²) in [6.45, 7) is 0.547. The normalized spacial score (nSPS) is 22.2. The van der Waals surface area contributed by atoms with Gasteiger partial charge in [-0.3, -0.25) is 0 Å². The number of aromatic hydroxyl groups is 1. The van der Waals surface area contributed by atoms with Crippen LogP contribution in [-0.4, -0.2) is 28.9 Å². The molecule has 5 nitrogen and oxygen atoms in total. The molecule has 1 saturated carbocycles. The largest absolute Gasteiger partial charge is 0.508 e. The summed E-state index contributed by atoms with van der Waals surface area (Å²) in [6, 6.07) is 6.59. The molecule has 0 aliphatic heterocycles. The third-order valence-electron chi connectivity index (χ3n) is 3.85. The molecule has 5 heteroatoms. The summed E-state index contributed by atoms with van der Waals surface area (Å²) in [6.07, 6.45) is 4.12. The Labute approximate surface area is 119 Å². The van der Waals surface area contributed by atoms with E-state index in [1.807, 2.05) is 0 Å². The molecule has 2 unspecified atom stereocenters. The van der Waals surface area contributed by atoms with Gasteiger partial charge in [-0.15, -0.1) is 0 Å². The van der Waals surface area contributed by atoms with E-state index >= 15 is 0 Å². The number of hydrogen-bond donors (Lipinski definition) is 4. The van der Waals surface area contributed by atoms with Crippen LogP contribution in [0.4, 0.5) is 4.79 Å². The first-order valence-corrected chi connectivity index (χ1v) is 7.12. The zero-order valence-corrected chi connectivity index (χ0v) is 11.5. The summed E-state index contributed by atoms with van der Waals surface area (Å²) in [5.41, 5.74) is 0.931. The van der Waals surface area contributed by atoms with Crippen LogP contribution in [0.3, 0.4) is 0 Å². The number of aliphatic hydroxyl groups excluding tert-OH is 1. The highest BCUT2D eigenvalue weighted by molar-refractivity contribution is 5.74. The lowest BCUT2D eigenvalue weighted by Gasteiger charge is -2.30. The van der Waals surface area contributed by atoms with Crippen LogP contribution in [0.2, 0.25) is 0 Å². The molecule has 0 heterocycles. The van der Waals surface area contributed by atoms with Crippen molar-refractivity contribution in [2.45, 2.75) is 38.3 Å². The molecule has 0 spiro atoms. The second-order valence-corrected chi connectivity index (χ2v) is 5.33. The SMILES string of the molecule is O=C(NCc1ccc(O)cc1)NC1CCCCC1CO. The van der Waals surface area contributed by atoms with Gasteiger partial charge in [-0.2, -0.15) is 0 Å². The van der Waals surface area contributed by atoms with Gasteiger partial charge in [-0.1, -0.05) is 25.0 Å². The topological polar surface area (TPSA) is 81.6 Å². The average Bonchev–Trinajstić information content (AvgIpc) is 2.47. The number of benzene rings is 1. The summed E-state index contributed by atoms with van der Waals surface area (Å²) in [5.74, 6) is 0.384. The van der Waals surface area contributed by atoms with E-state index in [0.29, 0.717) is 6.54 Å². The third-order valence-corrected chi connectivity index (χ3v) is 3.85. The van der Waals surface area contributed by atoms with E-state index < -0.39 is 0 Å². The molecular weight excluding hydrogens is 256 g/mol. The number of amides is 2. The van der Waals surface area contributed by atoms with Crippen molar-refractivity contribution in [2.75, 3.05) is 6.61 Å². The molecule has 1 fully saturated rings. The van der Waals surface area contributed by atoms with Crippen LogP contribution in [0, 0.1) is 5.92 Å². The van der Waals surface area contributed by atoms with Crippen molar-refractivity contribution in [3.8, 4) is 5.75 Å². The first-order chi connectivity index (χ1) is 9.69. The fourth-order valence-corrected chi connectivity index (χ4v) is 2.63. The molecular formula is C15H22N2O3. The van der Waals surface area contributed by atoms with E-state index in [1.165, 1.54) is 0 Å². The van der Waals surface area contributed by atoms with E-state index in [9.17, 15) is 15.0 Å². The number of hydrogen-bond acceptors (Lipinski definition) is 3. The highest BCUT2D eigenvalue weighted by Crippen LogP contribution is 2.23. The van der Waals surface area contributed by atoms with Crippen molar-refractivity contribution < 1.29 is 15.0 Å². The second kappa shape index (κ2) is 7.14. The fraction of sp³-hybridized carbons (Fsp3) is 0.533. The number of rotatable bonds is 4. The summed E-state index contributed by atoms with van der Waals surface area (Å²) < 4.78 is 0. The lowest BCUT2D eigenvalue weighted by Crippen LogP contribution is -2.47. The van der Waals surface area contributed by atoms with Gasteiger partial charge in [0.1, 0.15) is 5.75 Å². The van der Waals surface area contributed by atoms with E-state index in [2.05, 4.69) is 10.6 Å². The minimum atomic E-state index is -0.205. The summed E-state index contributed by atoms with van der Waals surface area (Å²) in [5, 5.41) is 24.2. The van der Waals surface area contributed by atoms with Crippen molar-refractivity contribution in [1.82, 2.24) is 10.6 Å². The molecule has 110 valence electrons. The Morgan fingerprint density at radius 3 is 2.60 bits per heavy atom. The fourth-order valence-electron chi connectivity index (χ4n) is 2.63. The molecule has 0 radical (unpaired) electrons. The van der Waals surface area contributed by atoms with E-state index in [0.717, 1.165) is 31.2 Å². The molecule has 1 aliphatic rings. The Kier molecular flexibility index (Phi) is 5.24. The maximum Gasteiger partial charge on any atom is 0.315 e. The molecule has 0 saturated heterocycles. The van der Waals surface area contributed by atoms with Crippen LogP contribution >= 0.6 is 0 Å². The predicted octanol–water partition coefficient (Wildman–Crippen LogP) is 1.74. The number of phenolic OH excluding ortho intramolecular Hbond substituents is 1. The molecule has 20 heavy (non-hydrogen) atoms. The Balaban J connectivity index is 1.78. The number of carbonyl (C=O) groups excluding carboxylic acids is 1. The predicted molar refractivity (Wildman–Crippen MR) is 76.3 cm³/mol. The maximum atomic E-state index is 11.9. The molecule has 2 atom stereocenters. The van der Waals surface area contributed by atoms with Gasteiger partial charge in [0.15, 0.2) is 0 Å². The van der Waals surface area contributed by atoms with Crippen molar-refractivity contribution in [3.05, 3.63) is 29.8 Å². The van der Waals surface area contributed by atoms with Gasteiger partial charge >= 0.3 is 6.03 Å². The van der Waals surface area contributed by atoms with E-state index in [-0.39, 0.29) is 30.3 Å². The molecule has 0 aromatic heterocycles. The third kappa shape index (κ3) is 4.13. The summed E-state index contributed by atoms with van der Waals surface area (Å²) in [4.78, 5) is 11.9. The average molecular weight is 278 g/mol. The highest BCUT2D eigenvalue weighted by atomic mass is 16.3.